The van der Waals surface area contributed by atoms with Crippen LogP contribution in [0.1, 0.15) is 20.7 Å². The van der Waals surface area contributed by atoms with Gasteiger partial charge in [0.05, 0.1) is 20.9 Å². The number of carbonyl (C=O) groups is 2. The minimum absolute atomic E-state index is 0.187. The molecule has 0 aliphatic carbocycles. The number of para-hydroxylation sites is 2. The monoisotopic (exact) mass is 458 g/mol. The highest BCUT2D eigenvalue weighted by Crippen LogP contribution is 2.41. The molecule has 0 amide bonds. The normalized spacial score (nSPS) is 10.4. The molecule has 0 bridgehead atoms. The summed E-state index contributed by atoms with van der Waals surface area (Å²) in [7, 11) is 0. The summed E-state index contributed by atoms with van der Waals surface area (Å²) in [6.07, 6.45) is 0. The van der Waals surface area contributed by atoms with E-state index in [4.69, 9.17) is 19.7 Å². The van der Waals surface area contributed by atoms with Crippen molar-refractivity contribution in [3.05, 3.63) is 108 Å². The van der Waals surface area contributed by atoms with Gasteiger partial charge in [-0.15, -0.1) is 0 Å². The number of aromatic carboxylic acids is 2. The number of hydrogen-bond donors (Lipinski definition) is 2. The summed E-state index contributed by atoms with van der Waals surface area (Å²) < 4.78 is 12.0. The van der Waals surface area contributed by atoms with Crippen LogP contribution in [0.15, 0.2) is 107 Å². The van der Waals surface area contributed by atoms with Crippen LogP contribution < -0.4 is 9.47 Å². The molecule has 6 nitrogen and oxygen atoms in total. The van der Waals surface area contributed by atoms with Crippen molar-refractivity contribution in [2.75, 3.05) is 0 Å². The first-order chi connectivity index (χ1) is 16.0. The van der Waals surface area contributed by atoms with E-state index in [1.165, 1.54) is 36.0 Å². The molecule has 4 aromatic carbocycles. The highest BCUT2D eigenvalue weighted by molar-refractivity contribution is 7.99. The van der Waals surface area contributed by atoms with Crippen LogP contribution in [0.3, 0.4) is 0 Å². The Morgan fingerprint density at radius 1 is 0.545 bits per heavy atom. The standard InChI is InChI=1S/C26H18O6S/c27-25(28)17-9-13-19(14-10-17)31-21-5-1-3-7-23(21)33-24-8-4-2-6-22(24)32-20-15-11-18(12-16-20)26(29)30/h1-16H,(H,27,28)(H,29,30). The molecule has 0 radical (unpaired) electrons. The van der Waals surface area contributed by atoms with Gasteiger partial charge in [0.2, 0.25) is 0 Å². The Bertz CT molecular complexity index is 1180. The van der Waals surface area contributed by atoms with Gasteiger partial charge in [-0.1, -0.05) is 36.0 Å². The summed E-state index contributed by atoms with van der Waals surface area (Å²) in [5.74, 6) is 0.294. The fourth-order valence-electron chi connectivity index (χ4n) is 2.94. The van der Waals surface area contributed by atoms with Gasteiger partial charge in [-0.3, -0.25) is 0 Å². The van der Waals surface area contributed by atoms with E-state index in [-0.39, 0.29) is 11.1 Å². The van der Waals surface area contributed by atoms with Crippen molar-refractivity contribution < 1.29 is 29.3 Å². The van der Waals surface area contributed by atoms with E-state index in [1.54, 1.807) is 24.3 Å². The van der Waals surface area contributed by atoms with Crippen LogP contribution in [-0.2, 0) is 0 Å². The number of carboxylic acids is 2. The summed E-state index contributed by atoms with van der Waals surface area (Å²) >= 11 is 1.46. The maximum Gasteiger partial charge on any atom is 0.335 e. The van der Waals surface area contributed by atoms with E-state index in [0.717, 1.165) is 9.79 Å². The second-order valence-electron chi connectivity index (χ2n) is 6.86. The average molecular weight is 458 g/mol. The fourth-order valence-corrected chi connectivity index (χ4v) is 3.89. The lowest BCUT2D eigenvalue weighted by molar-refractivity contribution is 0.0686. The summed E-state index contributed by atoms with van der Waals surface area (Å²) in [6.45, 7) is 0. The zero-order valence-corrected chi connectivity index (χ0v) is 18.0. The molecule has 4 aromatic rings. The first kappa shape index (κ1) is 22.0. The summed E-state index contributed by atoms with van der Waals surface area (Å²) in [5, 5.41) is 18.1. The van der Waals surface area contributed by atoms with E-state index in [0.29, 0.717) is 23.0 Å². The topological polar surface area (TPSA) is 93.1 Å². The molecule has 33 heavy (non-hydrogen) atoms. The lowest BCUT2D eigenvalue weighted by Gasteiger charge is -2.14. The average Bonchev–Trinajstić information content (AvgIpc) is 2.82. The van der Waals surface area contributed by atoms with Crippen LogP contribution in [-0.4, -0.2) is 22.2 Å². The summed E-state index contributed by atoms with van der Waals surface area (Å²) in [4.78, 5) is 23.8. The van der Waals surface area contributed by atoms with Crippen molar-refractivity contribution in [1.29, 1.82) is 0 Å². The molecule has 0 aliphatic heterocycles. The molecule has 0 unspecified atom stereocenters. The van der Waals surface area contributed by atoms with Crippen molar-refractivity contribution in [1.82, 2.24) is 0 Å². The molecular formula is C26H18O6S. The molecule has 0 saturated carbocycles. The Kier molecular flexibility index (Phi) is 6.61. The van der Waals surface area contributed by atoms with E-state index in [1.807, 2.05) is 48.5 Å². The molecular weight excluding hydrogens is 440 g/mol. The lowest BCUT2D eigenvalue weighted by Crippen LogP contribution is -1.95. The zero-order chi connectivity index (χ0) is 23.2. The minimum atomic E-state index is -0.994. The third-order valence-corrected chi connectivity index (χ3v) is 5.69. The van der Waals surface area contributed by atoms with Crippen LogP contribution in [0.5, 0.6) is 23.0 Å². The molecule has 0 atom stereocenters. The third-order valence-electron chi connectivity index (χ3n) is 4.58. The van der Waals surface area contributed by atoms with Gasteiger partial charge >= 0.3 is 11.9 Å². The van der Waals surface area contributed by atoms with Crippen molar-refractivity contribution in [2.45, 2.75) is 9.79 Å². The fraction of sp³-hybridized carbons (Fsp3) is 0. The molecule has 2 N–H and O–H groups in total. The number of benzene rings is 4. The molecule has 0 fully saturated rings. The quantitative estimate of drug-likeness (QED) is 0.299. The van der Waals surface area contributed by atoms with E-state index < -0.39 is 11.9 Å². The predicted molar refractivity (Wildman–Crippen MR) is 124 cm³/mol. The second kappa shape index (κ2) is 9.93. The molecule has 164 valence electrons. The highest BCUT2D eigenvalue weighted by atomic mass is 32.2. The third kappa shape index (κ3) is 5.53. The van der Waals surface area contributed by atoms with Crippen molar-refractivity contribution in [2.24, 2.45) is 0 Å². The number of rotatable bonds is 8. The maximum absolute atomic E-state index is 11.1. The Morgan fingerprint density at radius 3 is 1.27 bits per heavy atom. The number of ether oxygens (including phenoxy) is 2. The Labute approximate surface area is 194 Å². The predicted octanol–water partition coefficient (Wildman–Crippen LogP) is 6.82. The second-order valence-corrected chi connectivity index (χ2v) is 7.94. The SMILES string of the molecule is O=C(O)c1ccc(Oc2ccccc2Sc2ccccc2Oc2ccc(C(=O)O)cc2)cc1. The van der Waals surface area contributed by atoms with Crippen LogP contribution in [0.25, 0.3) is 0 Å². The highest BCUT2D eigenvalue weighted by Gasteiger charge is 2.12. The Hall–Kier alpha value is -4.23. The first-order valence-electron chi connectivity index (χ1n) is 9.88. The van der Waals surface area contributed by atoms with Gasteiger partial charge in [0.15, 0.2) is 0 Å². The molecule has 0 heterocycles. The van der Waals surface area contributed by atoms with Gasteiger partial charge in [-0.05, 0) is 72.8 Å². The maximum atomic E-state index is 11.1. The van der Waals surface area contributed by atoms with Crippen LogP contribution in [0.2, 0.25) is 0 Å². The summed E-state index contributed by atoms with van der Waals surface area (Å²) in [6, 6.07) is 27.5. The largest absolute Gasteiger partial charge is 0.478 e. The molecule has 0 saturated heterocycles. The molecule has 7 heteroatoms. The van der Waals surface area contributed by atoms with Gasteiger partial charge in [-0.2, -0.15) is 0 Å². The van der Waals surface area contributed by atoms with Gasteiger partial charge < -0.3 is 19.7 Å². The number of hydrogen-bond acceptors (Lipinski definition) is 5. The lowest BCUT2D eigenvalue weighted by atomic mass is 10.2. The van der Waals surface area contributed by atoms with Gasteiger partial charge in [0, 0.05) is 0 Å². The van der Waals surface area contributed by atoms with Gasteiger partial charge in [-0.25, -0.2) is 9.59 Å². The smallest absolute Gasteiger partial charge is 0.335 e. The summed E-state index contributed by atoms with van der Waals surface area (Å²) in [5.41, 5.74) is 0.375. The molecule has 0 spiro atoms. The minimum Gasteiger partial charge on any atom is -0.478 e. The van der Waals surface area contributed by atoms with Gasteiger partial charge in [0.1, 0.15) is 23.0 Å². The zero-order valence-electron chi connectivity index (χ0n) is 17.2. The number of carboxylic acid groups (broad SMARTS) is 2. The molecule has 4 rings (SSSR count). The van der Waals surface area contributed by atoms with Crippen molar-refractivity contribution in [3.63, 3.8) is 0 Å². The first-order valence-corrected chi connectivity index (χ1v) is 10.7. The molecule has 0 aliphatic rings. The molecule has 0 aromatic heterocycles. The van der Waals surface area contributed by atoms with E-state index in [2.05, 4.69) is 0 Å². The van der Waals surface area contributed by atoms with Crippen LogP contribution in [0, 0.1) is 0 Å². The van der Waals surface area contributed by atoms with Gasteiger partial charge in [0.25, 0.3) is 0 Å². The van der Waals surface area contributed by atoms with E-state index in [9.17, 15) is 9.59 Å². The van der Waals surface area contributed by atoms with Crippen molar-refractivity contribution >= 4 is 23.7 Å². The van der Waals surface area contributed by atoms with Crippen LogP contribution in [0.4, 0.5) is 0 Å². The Morgan fingerprint density at radius 2 is 0.909 bits per heavy atom. The Balaban J connectivity index is 1.55. The van der Waals surface area contributed by atoms with Crippen LogP contribution >= 0.6 is 11.8 Å². The van der Waals surface area contributed by atoms with E-state index >= 15 is 0 Å². The van der Waals surface area contributed by atoms with Crippen molar-refractivity contribution in [3.8, 4) is 23.0 Å².